The first-order chi connectivity index (χ1) is 6.06. The van der Waals surface area contributed by atoms with Gasteiger partial charge in [-0.3, -0.25) is 4.79 Å². The van der Waals surface area contributed by atoms with E-state index in [1.807, 2.05) is 0 Å². The third-order valence-corrected chi connectivity index (χ3v) is 1.33. The zero-order valence-electron chi connectivity index (χ0n) is 6.17. The van der Waals surface area contributed by atoms with Crippen LogP contribution in [0.5, 0.6) is 5.75 Å². The second-order valence-electron chi connectivity index (χ2n) is 2.18. The monoisotopic (exact) mass is 191 g/mol. The number of halogens is 3. The van der Waals surface area contributed by atoms with Crippen LogP contribution >= 0.6 is 0 Å². The Labute approximate surface area is 70.8 Å². The molecular formula is C7H4F3NO2. The molecule has 0 atom stereocenters. The summed E-state index contributed by atoms with van der Waals surface area (Å²) in [5.74, 6) is -2.30. The molecule has 0 bridgehead atoms. The number of alkyl halides is 2. The van der Waals surface area contributed by atoms with Gasteiger partial charge in [0.15, 0.2) is 17.9 Å². The largest absolute Gasteiger partial charge is 0.503 e. The first-order valence-electron chi connectivity index (χ1n) is 3.19. The zero-order chi connectivity index (χ0) is 10.0. The molecule has 1 aromatic rings. The van der Waals surface area contributed by atoms with Gasteiger partial charge in [-0.1, -0.05) is 0 Å². The zero-order valence-corrected chi connectivity index (χ0v) is 6.17. The van der Waals surface area contributed by atoms with Crippen LogP contribution in [0, 0.1) is 5.82 Å². The number of aromatic hydroxyl groups is 1. The van der Waals surface area contributed by atoms with Crippen LogP contribution in [-0.4, -0.2) is 16.4 Å². The van der Waals surface area contributed by atoms with Crippen LogP contribution < -0.4 is 0 Å². The molecule has 0 amide bonds. The van der Waals surface area contributed by atoms with Gasteiger partial charge in [0.05, 0.1) is 0 Å². The average molecular weight is 191 g/mol. The molecule has 1 N–H and O–H groups in total. The van der Waals surface area contributed by atoms with Crippen LogP contribution in [0.25, 0.3) is 0 Å². The molecule has 0 radical (unpaired) electrons. The molecule has 1 rings (SSSR count). The molecule has 0 saturated carbocycles. The number of aldehydes is 1. The minimum atomic E-state index is -2.98. The number of aromatic nitrogens is 1. The van der Waals surface area contributed by atoms with E-state index in [1.165, 1.54) is 0 Å². The molecule has 3 nitrogen and oxygen atoms in total. The van der Waals surface area contributed by atoms with Gasteiger partial charge < -0.3 is 5.11 Å². The fraction of sp³-hybridized carbons (Fsp3) is 0.143. The number of nitrogens with zero attached hydrogens (tertiary/aromatic N) is 1. The van der Waals surface area contributed by atoms with Crippen LogP contribution in [0.15, 0.2) is 6.07 Å². The first-order valence-corrected chi connectivity index (χ1v) is 3.19. The van der Waals surface area contributed by atoms with E-state index in [2.05, 4.69) is 4.98 Å². The standard InChI is InChI=1S/C7H4F3NO2/c8-3-1-4(7(9)10)11-5(2-12)6(3)13/h1-2,7,13H. The lowest BCUT2D eigenvalue weighted by Crippen LogP contribution is -1.98. The van der Waals surface area contributed by atoms with Crippen LogP contribution in [-0.2, 0) is 0 Å². The molecule has 1 aromatic heterocycles. The average Bonchev–Trinajstić information content (AvgIpc) is 2.09. The Morgan fingerprint density at radius 3 is 2.62 bits per heavy atom. The Kier molecular flexibility index (Phi) is 2.50. The van der Waals surface area contributed by atoms with Crippen LogP contribution in [0.2, 0.25) is 0 Å². The van der Waals surface area contributed by atoms with Crippen molar-refractivity contribution < 1.29 is 23.1 Å². The van der Waals surface area contributed by atoms with Crippen molar-refractivity contribution in [3.8, 4) is 5.75 Å². The highest BCUT2D eigenvalue weighted by molar-refractivity contribution is 5.76. The summed E-state index contributed by atoms with van der Waals surface area (Å²) in [5.41, 5.74) is -1.60. The van der Waals surface area contributed by atoms with E-state index in [9.17, 15) is 18.0 Å². The fourth-order valence-corrected chi connectivity index (χ4v) is 0.739. The van der Waals surface area contributed by atoms with E-state index in [-0.39, 0.29) is 6.29 Å². The van der Waals surface area contributed by atoms with Crippen molar-refractivity contribution in [2.75, 3.05) is 0 Å². The van der Waals surface area contributed by atoms with Crippen molar-refractivity contribution in [2.24, 2.45) is 0 Å². The van der Waals surface area contributed by atoms with Gasteiger partial charge in [0, 0.05) is 6.07 Å². The molecule has 70 valence electrons. The maximum absolute atomic E-state index is 12.6. The van der Waals surface area contributed by atoms with Crippen molar-refractivity contribution in [1.82, 2.24) is 4.98 Å². The Morgan fingerprint density at radius 2 is 2.15 bits per heavy atom. The van der Waals surface area contributed by atoms with Crippen molar-refractivity contribution in [1.29, 1.82) is 0 Å². The van der Waals surface area contributed by atoms with Gasteiger partial charge in [-0.2, -0.15) is 0 Å². The molecule has 0 aliphatic carbocycles. The molecule has 6 heteroatoms. The topological polar surface area (TPSA) is 50.2 Å². The van der Waals surface area contributed by atoms with Crippen molar-refractivity contribution in [3.05, 3.63) is 23.3 Å². The summed E-state index contributed by atoms with van der Waals surface area (Å²) in [6.45, 7) is 0. The van der Waals surface area contributed by atoms with Gasteiger partial charge in [0.1, 0.15) is 11.4 Å². The van der Waals surface area contributed by atoms with Gasteiger partial charge in [-0.15, -0.1) is 0 Å². The second-order valence-corrected chi connectivity index (χ2v) is 2.18. The van der Waals surface area contributed by atoms with E-state index in [0.29, 0.717) is 6.07 Å². The maximum atomic E-state index is 12.6. The molecule has 0 aromatic carbocycles. The highest BCUT2D eigenvalue weighted by Crippen LogP contribution is 2.24. The van der Waals surface area contributed by atoms with Gasteiger partial charge in [0.2, 0.25) is 0 Å². The lowest BCUT2D eigenvalue weighted by Gasteiger charge is -2.02. The van der Waals surface area contributed by atoms with Crippen LogP contribution in [0.4, 0.5) is 13.2 Å². The summed E-state index contributed by atoms with van der Waals surface area (Å²) in [4.78, 5) is 13.2. The highest BCUT2D eigenvalue weighted by atomic mass is 19.3. The number of pyridine rings is 1. The predicted molar refractivity (Wildman–Crippen MR) is 36.2 cm³/mol. The number of rotatable bonds is 2. The first kappa shape index (κ1) is 9.50. The summed E-state index contributed by atoms with van der Waals surface area (Å²) in [5, 5.41) is 8.79. The molecule has 0 saturated heterocycles. The molecule has 0 aliphatic heterocycles. The number of carbonyl (C=O) groups is 1. The lowest BCUT2D eigenvalue weighted by atomic mass is 10.3. The summed E-state index contributed by atoms with van der Waals surface area (Å²) < 4.78 is 36.5. The van der Waals surface area contributed by atoms with E-state index >= 15 is 0 Å². The third kappa shape index (κ3) is 1.77. The SMILES string of the molecule is O=Cc1nc(C(F)F)cc(F)c1O. The smallest absolute Gasteiger partial charge is 0.280 e. The molecular weight excluding hydrogens is 187 g/mol. The third-order valence-electron chi connectivity index (χ3n) is 1.33. The summed E-state index contributed by atoms with van der Waals surface area (Å²) in [6, 6.07) is 0.382. The van der Waals surface area contributed by atoms with E-state index < -0.39 is 29.4 Å². The minimum Gasteiger partial charge on any atom is -0.503 e. The quantitative estimate of drug-likeness (QED) is 0.723. The van der Waals surface area contributed by atoms with Crippen molar-refractivity contribution in [2.45, 2.75) is 6.43 Å². The molecule has 0 spiro atoms. The molecule has 0 fully saturated rings. The molecule has 0 unspecified atom stereocenters. The van der Waals surface area contributed by atoms with Gasteiger partial charge in [0.25, 0.3) is 6.43 Å². The highest BCUT2D eigenvalue weighted by Gasteiger charge is 2.16. The lowest BCUT2D eigenvalue weighted by molar-refractivity contribution is 0.111. The second kappa shape index (κ2) is 3.42. The molecule has 13 heavy (non-hydrogen) atoms. The maximum Gasteiger partial charge on any atom is 0.280 e. The van der Waals surface area contributed by atoms with E-state index in [4.69, 9.17) is 5.11 Å². The molecule has 1 heterocycles. The summed E-state index contributed by atoms with van der Waals surface area (Å²) >= 11 is 0. The minimum absolute atomic E-state index is 0.00426. The Balaban J connectivity index is 3.30. The Morgan fingerprint density at radius 1 is 1.54 bits per heavy atom. The van der Waals surface area contributed by atoms with Crippen molar-refractivity contribution >= 4 is 6.29 Å². The van der Waals surface area contributed by atoms with Crippen molar-refractivity contribution in [3.63, 3.8) is 0 Å². The summed E-state index contributed by atoms with van der Waals surface area (Å²) in [7, 11) is 0. The van der Waals surface area contributed by atoms with Gasteiger partial charge in [-0.25, -0.2) is 18.2 Å². The number of hydrogen-bond donors (Lipinski definition) is 1. The molecule has 0 aliphatic rings. The number of hydrogen-bond acceptors (Lipinski definition) is 3. The van der Waals surface area contributed by atoms with Crippen LogP contribution in [0.3, 0.4) is 0 Å². The normalized spacial score (nSPS) is 10.5. The Bertz CT molecular complexity index is 341. The van der Waals surface area contributed by atoms with E-state index in [0.717, 1.165) is 0 Å². The van der Waals surface area contributed by atoms with E-state index in [1.54, 1.807) is 0 Å². The van der Waals surface area contributed by atoms with Gasteiger partial charge in [-0.05, 0) is 0 Å². The predicted octanol–water partition coefficient (Wildman–Crippen LogP) is 1.68. The summed E-state index contributed by atoms with van der Waals surface area (Å²) in [6.07, 6.45) is -2.97. The van der Waals surface area contributed by atoms with Crippen LogP contribution in [0.1, 0.15) is 22.6 Å². The Hall–Kier alpha value is -1.59. The number of carbonyl (C=O) groups excluding carboxylic acids is 1. The van der Waals surface area contributed by atoms with Gasteiger partial charge >= 0.3 is 0 Å². The fourth-order valence-electron chi connectivity index (χ4n) is 0.739.